The lowest BCUT2D eigenvalue weighted by atomic mass is 9.43. The Balaban J connectivity index is 1.35. The van der Waals surface area contributed by atoms with E-state index in [1.807, 2.05) is 0 Å². The second-order valence-electron chi connectivity index (χ2n) is 12.9. The highest BCUT2D eigenvalue weighted by atomic mass is 16.3. The lowest BCUT2D eigenvalue weighted by Gasteiger charge is -2.62. The van der Waals surface area contributed by atoms with E-state index in [0.29, 0.717) is 22.7 Å². The van der Waals surface area contributed by atoms with Crippen LogP contribution in [0.5, 0.6) is 0 Å². The van der Waals surface area contributed by atoms with Crippen LogP contribution in [0.4, 0.5) is 0 Å². The molecule has 0 aromatic rings. The maximum Gasteiger partial charge on any atom is 0.0648 e. The number of aliphatic hydroxyl groups is 2. The van der Waals surface area contributed by atoms with Crippen LogP contribution >= 0.6 is 0 Å². The van der Waals surface area contributed by atoms with Crippen LogP contribution in [0.25, 0.3) is 0 Å². The fraction of sp³-hybridized carbons (Fsp3) is 1.00. The molecule has 5 aliphatic carbocycles. The van der Waals surface area contributed by atoms with Crippen LogP contribution in [0.15, 0.2) is 0 Å². The van der Waals surface area contributed by atoms with Gasteiger partial charge in [-0.05, 0) is 129 Å². The smallest absolute Gasteiger partial charge is 0.0648 e. The Kier molecular flexibility index (Phi) is 4.99. The average molecular weight is 403 g/mol. The van der Waals surface area contributed by atoms with E-state index in [1.54, 1.807) is 0 Å². The zero-order valence-corrected chi connectivity index (χ0v) is 19.5. The molecule has 2 N–H and O–H groups in total. The molecule has 0 saturated heterocycles. The molecule has 0 amide bonds. The third-order valence-corrected chi connectivity index (χ3v) is 11.8. The van der Waals surface area contributed by atoms with Crippen LogP contribution in [-0.4, -0.2) is 21.9 Å². The molecule has 166 valence electrons. The van der Waals surface area contributed by atoms with Gasteiger partial charge in [0.25, 0.3) is 0 Å². The molecule has 0 bridgehead atoms. The van der Waals surface area contributed by atoms with Crippen molar-refractivity contribution < 1.29 is 10.2 Å². The Hall–Kier alpha value is -0.0800. The Morgan fingerprint density at radius 1 is 0.862 bits per heavy atom. The second kappa shape index (κ2) is 6.96. The lowest BCUT2D eigenvalue weighted by molar-refractivity contribution is -0.154. The van der Waals surface area contributed by atoms with Gasteiger partial charge in [0.1, 0.15) is 0 Å². The van der Waals surface area contributed by atoms with E-state index in [9.17, 15) is 10.2 Å². The van der Waals surface area contributed by atoms with Gasteiger partial charge in [-0.25, -0.2) is 0 Å². The van der Waals surface area contributed by atoms with Crippen LogP contribution in [0.2, 0.25) is 0 Å². The summed E-state index contributed by atoms with van der Waals surface area (Å²) < 4.78 is 0. The molecule has 5 aliphatic rings. The Morgan fingerprint density at radius 3 is 2.28 bits per heavy atom. The number of hydrogen-bond donors (Lipinski definition) is 2. The van der Waals surface area contributed by atoms with E-state index in [4.69, 9.17) is 0 Å². The minimum Gasteiger partial charge on any atom is -0.393 e. The summed E-state index contributed by atoms with van der Waals surface area (Å²) in [5, 5.41) is 21.9. The molecule has 5 rings (SSSR count). The number of fused-ring (bicyclic) bond motifs is 5. The maximum absolute atomic E-state index is 11.0. The van der Waals surface area contributed by atoms with Gasteiger partial charge in [-0.2, -0.15) is 0 Å². The van der Waals surface area contributed by atoms with Crippen molar-refractivity contribution in [2.24, 2.45) is 52.3 Å². The summed E-state index contributed by atoms with van der Waals surface area (Å²) in [5.74, 6) is 5.21. The molecule has 2 heteroatoms. The molecule has 5 saturated carbocycles. The van der Waals surface area contributed by atoms with Gasteiger partial charge in [0.15, 0.2) is 0 Å². The van der Waals surface area contributed by atoms with Crippen LogP contribution in [0, 0.1) is 52.3 Å². The minimum atomic E-state index is -0.382. The first kappa shape index (κ1) is 20.8. The molecule has 29 heavy (non-hydrogen) atoms. The van der Waals surface area contributed by atoms with Crippen molar-refractivity contribution >= 4 is 0 Å². The quantitative estimate of drug-likeness (QED) is 0.588. The molecular formula is C27H46O2. The highest BCUT2D eigenvalue weighted by Gasteiger charge is 2.62. The highest BCUT2D eigenvalue weighted by molar-refractivity contribution is 5.11. The third kappa shape index (κ3) is 3.09. The molecule has 0 radical (unpaired) electrons. The van der Waals surface area contributed by atoms with Gasteiger partial charge in [-0.3, -0.25) is 0 Å². The third-order valence-electron chi connectivity index (χ3n) is 11.8. The van der Waals surface area contributed by atoms with Gasteiger partial charge in [-0.1, -0.05) is 27.7 Å². The van der Waals surface area contributed by atoms with E-state index in [2.05, 4.69) is 27.7 Å². The molecule has 0 unspecified atom stereocenters. The fourth-order valence-electron chi connectivity index (χ4n) is 9.65. The summed E-state index contributed by atoms with van der Waals surface area (Å²) in [6, 6.07) is 0. The number of rotatable bonds is 4. The van der Waals surface area contributed by atoms with Gasteiger partial charge in [-0.15, -0.1) is 0 Å². The zero-order chi connectivity index (χ0) is 20.6. The lowest BCUT2D eigenvalue weighted by Crippen LogP contribution is -2.56. The molecule has 0 aliphatic heterocycles. The fourth-order valence-corrected chi connectivity index (χ4v) is 9.65. The van der Waals surface area contributed by atoms with Gasteiger partial charge in [0.05, 0.1) is 11.7 Å². The average Bonchev–Trinajstić information content (AvgIpc) is 3.49. The molecule has 0 spiro atoms. The van der Waals surface area contributed by atoms with Crippen molar-refractivity contribution in [1.29, 1.82) is 0 Å². The maximum atomic E-state index is 11.0. The second-order valence-corrected chi connectivity index (χ2v) is 12.9. The van der Waals surface area contributed by atoms with E-state index in [-0.39, 0.29) is 11.7 Å². The summed E-state index contributed by atoms with van der Waals surface area (Å²) >= 11 is 0. The first-order chi connectivity index (χ1) is 13.7. The zero-order valence-electron chi connectivity index (χ0n) is 19.5. The Bertz CT molecular complexity index is 628. The molecular weight excluding hydrogens is 356 g/mol. The summed E-state index contributed by atoms with van der Waals surface area (Å²) in [6.45, 7) is 9.78. The normalized spacial score (nSPS) is 54.2. The molecule has 0 aromatic carbocycles. The van der Waals surface area contributed by atoms with Crippen molar-refractivity contribution in [2.75, 3.05) is 0 Å². The van der Waals surface area contributed by atoms with Gasteiger partial charge in [0.2, 0.25) is 0 Å². The van der Waals surface area contributed by atoms with Crippen molar-refractivity contribution in [2.45, 2.75) is 116 Å². The predicted molar refractivity (Wildman–Crippen MR) is 118 cm³/mol. The Labute approximate surface area is 179 Å². The monoisotopic (exact) mass is 402 g/mol. The van der Waals surface area contributed by atoms with E-state index < -0.39 is 0 Å². The van der Waals surface area contributed by atoms with Crippen LogP contribution < -0.4 is 0 Å². The first-order valence-corrected chi connectivity index (χ1v) is 13.1. The topological polar surface area (TPSA) is 40.5 Å². The van der Waals surface area contributed by atoms with Crippen LogP contribution in [-0.2, 0) is 0 Å². The van der Waals surface area contributed by atoms with Crippen molar-refractivity contribution in [3.63, 3.8) is 0 Å². The van der Waals surface area contributed by atoms with Gasteiger partial charge in [0, 0.05) is 0 Å². The number of hydrogen-bond acceptors (Lipinski definition) is 2. The summed E-state index contributed by atoms with van der Waals surface area (Å²) in [4.78, 5) is 0. The standard InChI is InChI=1S/C27H46O2/c1-5-27(29)15-14-25(3)19(16-27)8-9-20-22-11-10-21(17(2)24(28)18-6-7-18)26(22,4)13-12-23(20)25/h17-24,28-29H,5-16H2,1-4H3/t17-,19-,20-,21+,22-,23-,24-,25-,26+,27-/m0/s1. The summed E-state index contributed by atoms with van der Waals surface area (Å²) in [7, 11) is 0. The van der Waals surface area contributed by atoms with Crippen molar-refractivity contribution in [3.8, 4) is 0 Å². The number of aliphatic hydroxyl groups excluding tert-OH is 1. The highest BCUT2D eigenvalue weighted by Crippen LogP contribution is 2.69. The largest absolute Gasteiger partial charge is 0.393 e. The predicted octanol–water partition coefficient (Wildman–Crippen LogP) is 6.19. The summed E-state index contributed by atoms with van der Waals surface area (Å²) in [5.41, 5.74) is 0.536. The van der Waals surface area contributed by atoms with E-state index >= 15 is 0 Å². The van der Waals surface area contributed by atoms with E-state index in [0.717, 1.165) is 48.9 Å². The van der Waals surface area contributed by atoms with Crippen molar-refractivity contribution in [3.05, 3.63) is 0 Å². The van der Waals surface area contributed by atoms with Crippen LogP contribution in [0.3, 0.4) is 0 Å². The SMILES string of the molecule is CC[C@]1(O)CC[C@@]2(C)[C@@H](CC[C@@H]3[C@@H]2CC[C@]2(C)[C@@H]([C@H](C)[C@H](O)C4CC4)CC[C@@H]32)C1. The minimum absolute atomic E-state index is 0.0494. The molecule has 2 nitrogen and oxygen atoms in total. The van der Waals surface area contributed by atoms with Gasteiger partial charge < -0.3 is 10.2 Å². The Morgan fingerprint density at radius 2 is 1.59 bits per heavy atom. The van der Waals surface area contributed by atoms with E-state index in [1.165, 1.54) is 57.8 Å². The molecule has 0 aromatic heterocycles. The molecule has 10 atom stereocenters. The van der Waals surface area contributed by atoms with Crippen molar-refractivity contribution in [1.82, 2.24) is 0 Å². The first-order valence-electron chi connectivity index (χ1n) is 13.1. The van der Waals surface area contributed by atoms with Gasteiger partial charge >= 0.3 is 0 Å². The molecule has 5 fully saturated rings. The van der Waals surface area contributed by atoms with Crippen LogP contribution in [0.1, 0.15) is 105 Å². The molecule has 0 heterocycles. The summed E-state index contributed by atoms with van der Waals surface area (Å²) in [6.07, 6.45) is 15.0.